The fraction of sp³-hybridized carbons (Fsp3) is 0.500. The molecule has 0 saturated carbocycles. The van der Waals surface area contributed by atoms with Crippen LogP contribution in [0.25, 0.3) is 0 Å². The Morgan fingerprint density at radius 3 is 1.64 bits per heavy atom. The molecule has 3 N–H and O–H groups in total. The highest BCUT2D eigenvalue weighted by Crippen LogP contribution is 2.35. The summed E-state index contributed by atoms with van der Waals surface area (Å²) in [6.07, 6.45) is 10.1. The summed E-state index contributed by atoms with van der Waals surface area (Å²) in [5.41, 5.74) is 8.95. The van der Waals surface area contributed by atoms with Gasteiger partial charge in [0.1, 0.15) is 0 Å². The highest BCUT2D eigenvalue weighted by molar-refractivity contribution is 5.19. The molecule has 1 fully saturated rings. The second-order valence-electron chi connectivity index (χ2n) is 10.4. The first-order chi connectivity index (χ1) is 19.2. The first-order valence-corrected chi connectivity index (χ1v) is 15.1. The van der Waals surface area contributed by atoms with Gasteiger partial charge in [-0.15, -0.1) is 0 Å². The van der Waals surface area contributed by atoms with Crippen LogP contribution in [-0.2, 0) is 19.3 Å². The third kappa shape index (κ3) is 13.4. The van der Waals surface area contributed by atoms with Gasteiger partial charge in [-0.05, 0) is 67.7 Å². The van der Waals surface area contributed by atoms with Crippen LogP contribution in [0.5, 0.6) is 0 Å². The van der Waals surface area contributed by atoms with Crippen LogP contribution in [0.2, 0.25) is 0 Å². The average Bonchev–Trinajstić information content (AvgIpc) is 3.00. The number of aliphatic hydroxyl groups excluding tert-OH is 1. The highest BCUT2D eigenvalue weighted by Gasteiger charge is 2.35. The number of benzene rings is 3. The Morgan fingerprint density at radius 1 is 0.692 bits per heavy atom. The average molecular weight is 533 g/mol. The molecule has 216 valence electrons. The zero-order chi connectivity index (χ0) is 28.7. The molecular formula is C36H56N2O. The van der Waals surface area contributed by atoms with Crippen molar-refractivity contribution in [1.82, 2.24) is 4.90 Å². The predicted octanol–water partition coefficient (Wildman–Crippen LogP) is 7.81. The van der Waals surface area contributed by atoms with Crippen LogP contribution in [0, 0.1) is 11.8 Å². The summed E-state index contributed by atoms with van der Waals surface area (Å²) in [5.74, 6) is 1.59. The van der Waals surface area contributed by atoms with Crippen molar-refractivity contribution in [2.24, 2.45) is 17.6 Å². The molecule has 3 aromatic rings. The summed E-state index contributed by atoms with van der Waals surface area (Å²) < 4.78 is 0. The third-order valence-electron chi connectivity index (χ3n) is 7.34. The Bertz CT molecular complexity index is 917. The molecule has 3 nitrogen and oxygen atoms in total. The van der Waals surface area contributed by atoms with E-state index in [1.54, 1.807) is 0 Å². The van der Waals surface area contributed by atoms with Crippen molar-refractivity contribution in [3.05, 3.63) is 108 Å². The Balaban J connectivity index is 0.000000996. The first-order valence-electron chi connectivity index (χ1n) is 15.1. The van der Waals surface area contributed by atoms with E-state index in [0.29, 0.717) is 6.04 Å². The SMILES string of the molecule is CCC.CCCC[C@@H]1CN(CCc2ccccc2)C(Cc2ccccc2)C[C@H]1Cc1ccccc1.CN.CO. The maximum absolute atomic E-state index is 7.00. The van der Waals surface area contributed by atoms with Crippen molar-refractivity contribution in [3.63, 3.8) is 0 Å². The number of likely N-dealkylation sites (tertiary alicyclic amines) is 1. The van der Waals surface area contributed by atoms with E-state index in [4.69, 9.17) is 5.11 Å². The minimum atomic E-state index is 0.632. The highest BCUT2D eigenvalue weighted by atomic mass is 16.2. The normalized spacial score (nSPS) is 18.4. The molecule has 0 aromatic heterocycles. The fourth-order valence-corrected chi connectivity index (χ4v) is 5.54. The lowest BCUT2D eigenvalue weighted by molar-refractivity contribution is 0.0569. The van der Waals surface area contributed by atoms with Gasteiger partial charge in [-0.2, -0.15) is 0 Å². The third-order valence-corrected chi connectivity index (χ3v) is 7.34. The lowest BCUT2D eigenvalue weighted by Crippen LogP contribution is -2.49. The van der Waals surface area contributed by atoms with E-state index in [0.717, 1.165) is 25.4 Å². The zero-order valence-electron chi connectivity index (χ0n) is 25.4. The Morgan fingerprint density at radius 2 is 1.15 bits per heavy atom. The molecule has 1 saturated heterocycles. The van der Waals surface area contributed by atoms with E-state index in [2.05, 4.69) is 122 Å². The smallest absolute Gasteiger partial charge is 0.0319 e. The van der Waals surface area contributed by atoms with Crippen LogP contribution >= 0.6 is 0 Å². The number of nitrogens with zero attached hydrogens (tertiary/aromatic N) is 1. The number of aliphatic hydroxyl groups is 1. The van der Waals surface area contributed by atoms with Crippen LogP contribution in [0.1, 0.15) is 69.6 Å². The molecule has 3 heteroatoms. The summed E-state index contributed by atoms with van der Waals surface area (Å²) in [5, 5.41) is 7.00. The van der Waals surface area contributed by atoms with Gasteiger partial charge >= 0.3 is 0 Å². The van der Waals surface area contributed by atoms with Crippen LogP contribution < -0.4 is 5.73 Å². The van der Waals surface area contributed by atoms with Gasteiger partial charge in [0.2, 0.25) is 0 Å². The van der Waals surface area contributed by atoms with Gasteiger partial charge in [0, 0.05) is 26.2 Å². The molecule has 3 atom stereocenters. The van der Waals surface area contributed by atoms with Gasteiger partial charge in [0.05, 0.1) is 0 Å². The number of piperidine rings is 1. The monoisotopic (exact) mass is 532 g/mol. The quantitative estimate of drug-likeness (QED) is 0.280. The number of hydrogen-bond donors (Lipinski definition) is 2. The molecule has 1 heterocycles. The lowest BCUT2D eigenvalue weighted by Gasteiger charge is -2.45. The van der Waals surface area contributed by atoms with Crippen molar-refractivity contribution in [1.29, 1.82) is 0 Å². The van der Waals surface area contributed by atoms with Crippen molar-refractivity contribution in [3.8, 4) is 0 Å². The van der Waals surface area contributed by atoms with Crippen molar-refractivity contribution in [2.45, 2.75) is 78.2 Å². The van der Waals surface area contributed by atoms with E-state index in [1.165, 1.54) is 81.8 Å². The molecule has 1 aliphatic heterocycles. The molecule has 1 unspecified atom stereocenters. The summed E-state index contributed by atoms with van der Waals surface area (Å²) >= 11 is 0. The summed E-state index contributed by atoms with van der Waals surface area (Å²) in [7, 11) is 2.50. The summed E-state index contributed by atoms with van der Waals surface area (Å²) in [6.45, 7) is 9.00. The number of rotatable bonds is 10. The Hall–Kier alpha value is -2.46. The molecular weight excluding hydrogens is 476 g/mol. The Kier molecular flexibility index (Phi) is 19.8. The van der Waals surface area contributed by atoms with Gasteiger partial charge in [-0.25, -0.2) is 0 Å². The molecule has 0 amide bonds. The molecule has 3 aromatic carbocycles. The predicted molar refractivity (Wildman–Crippen MR) is 171 cm³/mol. The lowest BCUT2D eigenvalue weighted by atomic mass is 9.75. The van der Waals surface area contributed by atoms with Gasteiger partial charge in [0.15, 0.2) is 0 Å². The first kappa shape index (κ1) is 34.6. The van der Waals surface area contributed by atoms with Crippen LogP contribution in [0.4, 0.5) is 0 Å². The zero-order valence-corrected chi connectivity index (χ0v) is 25.4. The Labute approximate surface area is 240 Å². The molecule has 4 rings (SSSR count). The molecule has 39 heavy (non-hydrogen) atoms. The minimum Gasteiger partial charge on any atom is -0.400 e. The molecule has 0 aliphatic carbocycles. The summed E-state index contributed by atoms with van der Waals surface area (Å²) in [6, 6.07) is 34.0. The molecule has 0 spiro atoms. The van der Waals surface area contributed by atoms with Crippen molar-refractivity contribution in [2.75, 3.05) is 27.2 Å². The van der Waals surface area contributed by atoms with Crippen LogP contribution in [0.15, 0.2) is 91.0 Å². The standard InChI is InChI=1S/C31H39N.C3H8.CH5N.CH4O/c1-2-3-19-29-25-32(21-20-26-13-7-4-8-14-26)31(23-28-17-11-6-12-18-28)24-30(29)22-27-15-9-5-10-16-27;1-3-2;2*1-2/h4-18,29-31H,2-3,19-25H2,1H3;3H2,1-2H3;2H2,1H3;2H,1H3/t29-,30-,31?;;;/m1.../s1. The number of unbranched alkanes of at least 4 members (excludes halogenated alkanes) is 1. The fourth-order valence-electron chi connectivity index (χ4n) is 5.54. The second kappa shape index (κ2) is 22.4. The molecule has 0 bridgehead atoms. The van der Waals surface area contributed by atoms with Crippen LogP contribution in [-0.4, -0.2) is 43.3 Å². The van der Waals surface area contributed by atoms with E-state index in [-0.39, 0.29) is 0 Å². The number of hydrogen-bond acceptors (Lipinski definition) is 3. The second-order valence-corrected chi connectivity index (χ2v) is 10.4. The topological polar surface area (TPSA) is 49.5 Å². The largest absolute Gasteiger partial charge is 0.400 e. The van der Waals surface area contributed by atoms with Gasteiger partial charge < -0.3 is 10.8 Å². The molecule has 0 radical (unpaired) electrons. The van der Waals surface area contributed by atoms with Crippen LogP contribution in [0.3, 0.4) is 0 Å². The van der Waals surface area contributed by atoms with E-state index < -0.39 is 0 Å². The van der Waals surface area contributed by atoms with E-state index in [9.17, 15) is 0 Å². The van der Waals surface area contributed by atoms with Crippen molar-refractivity contribution >= 4 is 0 Å². The minimum absolute atomic E-state index is 0.632. The summed E-state index contributed by atoms with van der Waals surface area (Å²) in [4.78, 5) is 2.84. The van der Waals surface area contributed by atoms with Gasteiger partial charge in [-0.1, -0.05) is 131 Å². The van der Waals surface area contributed by atoms with Gasteiger partial charge in [0.25, 0.3) is 0 Å². The van der Waals surface area contributed by atoms with Gasteiger partial charge in [-0.3, -0.25) is 4.90 Å². The van der Waals surface area contributed by atoms with E-state index in [1.807, 2.05) is 0 Å². The van der Waals surface area contributed by atoms with Crippen molar-refractivity contribution < 1.29 is 5.11 Å². The van der Waals surface area contributed by atoms with E-state index >= 15 is 0 Å². The number of nitrogens with two attached hydrogens (primary N) is 1. The maximum Gasteiger partial charge on any atom is 0.0319 e. The maximum atomic E-state index is 7.00. The molecule has 1 aliphatic rings.